The summed E-state index contributed by atoms with van der Waals surface area (Å²) in [4.78, 5) is 12.7. The highest BCUT2D eigenvalue weighted by molar-refractivity contribution is 5.75. The monoisotopic (exact) mass is 201 g/mol. The minimum atomic E-state index is -0.767. The second-order valence-corrected chi connectivity index (χ2v) is 3.16. The highest BCUT2D eigenvalue weighted by atomic mass is 16.5. The number of hydrogen-bond acceptors (Lipinski definition) is 4. The third kappa shape index (κ3) is 2.22. The Labute approximate surface area is 82.5 Å². The molecule has 0 saturated carbocycles. The van der Waals surface area contributed by atoms with Crippen LogP contribution in [0.2, 0.25) is 0 Å². The lowest BCUT2D eigenvalue weighted by Gasteiger charge is -2.31. The highest BCUT2D eigenvalue weighted by Gasteiger charge is 2.26. The Morgan fingerprint density at radius 2 is 2.43 bits per heavy atom. The van der Waals surface area contributed by atoms with Crippen molar-refractivity contribution in [3.63, 3.8) is 0 Å². The van der Waals surface area contributed by atoms with Gasteiger partial charge in [-0.15, -0.1) is 0 Å². The Morgan fingerprint density at radius 3 is 3.00 bits per heavy atom. The van der Waals surface area contributed by atoms with Crippen LogP contribution < -0.4 is 5.73 Å². The van der Waals surface area contributed by atoms with Gasteiger partial charge in [-0.3, -0.25) is 10.1 Å². The molecule has 6 nitrogen and oxygen atoms in total. The average Bonchev–Trinajstić information content (AvgIpc) is 2.19. The van der Waals surface area contributed by atoms with Gasteiger partial charge in [-0.1, -0.05) is 0 Å². The van der Waals surface area contributed by atoms with Gasteiger partial charge in [0.1, 0.15) is 6.17 Å². The van der Waals surface area contributed by atoms with Crippen molar-refractivity contribution in [2.75, 3.05) is 13.7 Å². The van der Waals surface area contributed by atoms with E-state index >= 15 is 0 Å². The number of carbonyl (C=O) groups is 1. The lowest BCUT2D eigenvalue weighted by Crippen LogP contribution is -2.52. The molecule has 1 rings (SSSR count). The molecule has 2 amide bonds. The predicted octanol–water partition coefficient (Wildman–Crippen LogP) is -0.0534. The molecule has 1 aliphatic heterocycles. The van der Waals surface area contributed by atoms with Crippen LogP contribution in [0.4, 0.5) is 4.79 Å². The maximum atomic E-state index is 11.4. The van der Waals surface area contributed by atoms with Crippen LogP contribution in [0, 0.1) is 0 Å². The van der Waals surface area contributed by atoms with Crippen LogP contribution in [-0.2, 0) is 4.74 Å². The Kier molecular flexibility index (Phi) is 3.45. The summed E-state index contributed by atoms with van der Waals surface area (Å²) in [6, 6.07) is -0.538. The number of rotatable bonds is 3. The van der Waals surface area contributed by atoms with E-state index in [0.717, 1.165) is 0 Å². The molecular formula is C8H15N3O3. The number of hydroxylamine groups is 2. The number of methoxy groups -OCH3 is 1. The molecule has 0 fully saturated rings. The summed E-state index contributed by atoms with van der Waals surface area (Å²) in [7, 11) is 1.56. The first kappa shape index (κ1) is 11.0. The maximum absolute atomic E-state index is 11.4. The fourth-order valence-electron chi connectivity index (χ4n) is 1.09. The molecule has 0 radical (unpaired) electrons. The van der Waals surface area contributed by atoms with Gasteiger partial charge in [0.2, 0.25) is 0 Å². The third-order valence-corrected chi connectivity index (χ3v) is 2.04. The molecule has 0 aromatic heterocycles. The molecule has 0 aliphatic carbocycles. The molecule has 0 bridgehead atoms. The van der Waals surface area contributed by atoms with E-state index in [1.807, 2.05) is 6.92 Å². The van der Waals surface area contributed by atoms with Gasteiger partial charge in [0.05, 0.1) is 12.6 Å². The van der Waals surface area contributed by atoms with Crippen molar-refractivity contribution < 1.29 is 14.7 Å². The number of amides is 2. The average molecular weight is 201 g/mol. The first-order chi connectivity index (χ1) is 6.56. The Hall–Kier alpha value is -1.11. The van der Waals surface area contributed by atoms with Gasteiger partial charge in [0.25, 0.3) is 0 Å². The van der Waals surface area contributed by atoms with Gasteiger partial charge in [-0.2, -0.15) is 5.06 Å². The SMILES string of the molecule is COC(C)CN1C=CC(N)N(O)C1=O. The molecular weight excluding hydrogens is 186 g/mol. The molecule has 14 heavy (non-hydrogen) atoms. The molecule has 0 saturated heterocycles. The second-order valence-electron chi connectivity index (χ2n) is 3.16. The summed E-state index contributed by atoms with van der Waals surface area (Å²) in [6.07, 6.45) is 2.22. The highest BCUT2D eigenvalue weighted by Crippen LogP contribution is 2.09. The van der Waals surface area contributed by atoms with Crippen LogP contribution in [0.15, 0.2) is 12.3 Å². The summed E-state index contributed by atoms with van der Waals surface area (Å²) >= 11 is 0. The molecule has 0 spiro atoms. The summed E-state index contributed by atoms with van der Waals surface area (Å²) in [5, 5.41) is 9.72. The normalized spacial score (nSPS) is 24.3. The van der Waals surface area contributed by atoms with Crippen molar-refractivity contribution in [2.45, 2.75) is 19.2 Å². The van der Waals surface area contributed by atoms with Gasteiger partial charge >= 0.3 is 6.03 Å². The summed E-state index contributed by atoms with van der Waals surface area (Å²) in [6.45, 7) is 2.22. The van der Waals surface area contributed by atoms with E-state index in [4.69, 9.17) is 10.5 Å². The molecule has 2 unspecified atom stereocenters. The van der Waals surface area contributed by atoms with Crippen LogP contribution in [0.1, 0.15) is 6.92 Å². The Morgan fingerprint density at radius 1 is 1.79 bits per heavy atom. The van der Waals surface area contributed by atoms with Crippen LogP contribution >= 0.6 is 0 Å². The zero-order valence-electron chi connectivity index (χ0n) is 8.25. The minimum Gasteiger partial charge on any atom is -0.380 e. The Bertz CT molecular complexity index is 244. The van der Waals surface area contributed by atoms with E-state index in [2.05, 4.69) is 0 Å². The number of urea groups is 1. The number of ether oxygens (including phenoxy) is 1. The van der Waals surface area contributed by atoms with E-state index in [-0.39, 0.29) is 6.10 Å². The summed E-state index contributed by atoms with van der Waals surface area (Å²) in [5.74, 6) is 0. The number of hydrogen-bond donors (Lipinski definition) is 2. The van der Waals surface area contributed by atoms with Gasteiger partial charge in [0, 0.05) is 13.3 Å². The lowest BCUT2D eigenvalue weighted by atomic mass is 10.3. The van der Waals surface area contributed by atoms with E-state index in [0.29, 0.717) is 11.6 Å². The summed E-state index contributed by atoms with van der Waals surface area (Å²) in [5.41, 5.74) is 5.40. The quantitative estimate of drug-likeness (QED) is 0.627. The van der Waals surface area contributed by atoms with Crippen LogP contribution in [-0.4, -0.2) is 47.1 Å². The first-order valence-corrected chi connectivity index (χ1v) is 4.31. The van der Waals surface area contributed by atoms with Crippen molar-refractivity contribution in [1.29, 1.82) is 0 Å². The predicted molar refractivity (Wildman–Crippen MR) is 49.3 cm³/mol. The Balaban J connectivity index is 2.63. The fourth-order valence-corrected chi connectivity index (χ4v) is 1.09. The fraction of sp³-hybridized carbons (Fsp3) is 0.625. The smallest absolute Gasteiger partial charge is 0.349 e. The van der Waals surface area contributed by atoms with Crippen molar-refractivity contribution in [3.05, 3.63) is 12.3 Å². The number of nitrogens with zero attached hydrogens (tertiary/aromatic N) is 2. The van der Waals surface area contributed by atoms with Crippen molar-refractivity contribution >= 4 is 6.03 Å². The lowest BCUT2D eigenvalue weighted by molar-refractivity contribution is -0.0795. The standard InChI is InChI=1S/C8H15N3O3/c1-6(14-2)5-10-4-3-7(9)11(13)8(10)12/h3-4,6-7,13H,5,9H2,1-2H3. The zero-order chi connectivity index (χ0) is 10.7. The van der Waals surface area contributed by atoms with E-state index in [1.54, 1.807) is 13.3 Å². The maximum Gasteiger partial charge on any atom is 0.349 e. The number of nitrogens with two attached hydrogens (primary N) is 1. The first-order valence-electron chi connectivity index (χ1n) is 4.31. The van der Waals surface area contributed by atoms with E-state index in [1.165, 1.54) is 11.0 Å². The molecule has 0 aromatic carbocycles. The molecule has 0 aromatic rings. The molecule has 2 atom stereocenters. The molecule has 3 N–H and O–H groups in total. The minimum absolute atomic E-state index is 0.0914. The van der Waals surface area contributed by atoms with Crippen LogP contribution in [0.5, 0.6) is 0 Å². The van der Waals surface area contributed by atoms with E-state index < -0.39 is 12.2 Å². The van der Waals surface area contributed by atoms with Gasteiger partial charge in [0.15, 0.2) is 0 Å². The van der Waals surface area contributed by atoms with Gasteiger partial charge in [-0.25, -0.2) is 4.79 Å². The number of carbonyl (C=O) groups excluding carboxylic acids is 1. The molecule has 1 heterocycles. The topological polar surface area (TPSA) is 79.0 Å². The van der Waals surface area contributed by atoms with Crippen LogP contribution in [0.25, 0.3) is 0 Å². The molecule has 6 heteroatoms. The van der Waals surface area contributed by atoms with Crippen molar-refractivity contribution in [1.82, 2.24) is 9.96 Å². The van der Waals surface area contributed by atoms with Crippen LogP contribution in [0.3, 0.4) is 0 Å². The largest absolute Gasteiger partial charge is 0.380 e. The van der Waals surface area contributed by atoms with E-state index in [9.17, 15) is 10.0 Å². The second kappa shape index (κ2) is 4.41. The molecule has 80 valence electrons. The third-order valence-electron chi connectivity index (χ3n) is 2.04. The van der Waals surface area contributed by atoms with Gasteiger partial charge < -0.3 is 10.5 Å². The summed E-state index contributed by atoms with van der Waals surface area (Å²) < 4.78 is 5.00. The zero-order valence-corrected chi connectivity index (χ0v) is 8.25. The van der Waals surface area contributed by atoms with Gasteiger partial charge in [-0.05, 0) is 13.0 Å². The molecule has 1 aliphatic rings. The van der Waals surface area contributed by atoms with Crippen molar-refractivity contribution in [2.24, 2.45) is 5.73 Å². The van der Waals surface area contributed by atoms with Crippen molar-refractivity contribution in [3.8, 4) is 0 Å².